The number of benzene rings is 1. The van der Waals surface area contributed by atoms with Crippen LogP contribution in [0.2, 0.25) is 0 Å². The Hall–Kier alpha value is -1.40. The molecule has 0 bridgehead atoms. The first-order chi connectivity index (χ1) is 9.88. The molecule has 0 aliphatic carbocycles. The lowest BCUT2D eigenvalue weighted by atomic mass is 10.0. The maximum Gasteiger partial charge on any atom is 0.240 e. The summed E-state index contributed by atoms with van der Waals surface area (Å²) in [6, 6.07) is 6.72. The van der Waals surface area contributed by atoms with Crippen molar-refractivity contribution < 1.29 is 9.59 Å². The molecule has 1 aromatic rings. The molecule has 0 saturated heterocycles. The van der Waals surface area contributed by atoms with Crippen LogP contribution in [0.25, 0.3) is 0 Å². The van der Waals surface area contributed by atoms with Crippen molar-refractivity contribution in [2.24, 2.45) is 11.5 Å². The number of carbonyl (C=O) groups excluding carboxylic acids is 2. The SMILES string of the molecule is CCCN(C(=O)C(N)CC(N)=O)C(C)c1ccccc1Br. The fourth-order valence-electron chi connectivity index (χ4n) is 2.23. The molecule has 6 heteroatoms. The first kappa shape index (κ1) is 17.7. The number of primary amides is 1. The van der Waals surface area contributed by atoms with Gasteiger partial charge in [0.1, 0.15) is 0 Å². The zero-order chi connectivity index (χ0) is 16.0. The molecule has 116 valence electrons. The molecule has 0 aliphatic heterocycles. The van der Waals surface area contributed by atoms with Gasteiger partial charge in [-0.25, -0.2) is 0 Å². The van der Waals surface area contributed by atoms with E-state index >= 15 is 0 Å². The van der Waals surface area contributed by atoms with Gasteiger partial charge in [0.25, 0.3) is 0 Å². The second-order valence-electron chi connectivity index (χ2n) is 5.01. The Bertz CT molecular complexity index is 507. The number of nitrogens with two attached hydrogens (primary N) is 2. The van der Waals surface area contributed by atoms with Crippen molar-refractivity contribution in [1.82, 2.24) is 4.90 Å². The fraction of sp³-hybridized carbons (Fsp3) is 0.467. The van der Waals surface area contributed by atoms with Gasteiger partial charge in [-0.05, 0) is 25.0 Å². The number of halogens is 1. The third-order valence-corrected chi connectivity index (χ3v) is 4.03. The van der Waals surface area contributed by atoms with E-state index in [1.165, 1.54) is 0 Å². The number of carbonyl (C=O) groups is 2. The number of hydrogen-bond donors (Lipinski definition) is 2. The lowest BCUT2D eigenvalue weighted by Gasteiger charge is -2.32. The smallest absolute Gasteiger partial charge is 0.240 e. The summed E-state index contributed by atoms with van der Waals surface area (Å²) in [5, 5.41) is 0. The van der Waals surface area contributed by atoms with E-state index in [1.54, 1.807) is 4.90 Å². The van der Waals surface area contributed by atoms with Gasteiger partial charge in [-0.15, -0.1) is 0 Å². The van der Waals surface area contributed by atoms with Gasteiger partial charge in [-0.3, -0.25) is 9.59 Å². The Morgan fingerprint density at radius 1 is 1.33 bits per heavy atom. The Morgan fingerprint density at radius 3 is 2.48 bits per heavy atom. The average Bonchev–Trinajstić information content (AvgIpc) is 2.43. The zero-order valence-corrected chi connectivity index (χ0v) is 14.0. The highest BCUT2D eigenvalue weighted by molar-refractivity contribution is 9.10. The molecule has 0 aliphatic rings. The standard InChI is InChI=1S/C15H22BrN3O2/c1-3-8-19(15(21)13(17)9-14(18)20)10(2)11-6-4-5-7-12(11)16/h4-7,10,13H,3,8-9,17H2,1-2H3,(H2,18,20). The highest BCUT2D eigenvalue weighted by Crippen LogP contribution is 2.28. The van der Waals surface area contributed by atoms with E-state index in [0.717, 1.165) is 16.5 Å². The van der Waals surface area contributed by atoms with E-state index in [4.69, 9.17) is 11.5 Å². The Labute approximate surface area is 133 Å². The molecule has 0 fully saturated rings. The molecule has 1 aromatic carbocycles. The third-order valence-electron chi connectivity index (χ3n) is 3.31. The van der Waals surface area contributed by atoms with Crippen LogP contribution < -0.4 is 11.5 Å². The first-order valence-corrected chi connectivity index (χ1v) is 7.76. The third kappa shape index (κ3) is 4.82. The summed E-state index contributed by atoms with van der Waals surface area (Å²) in [5.74, 6) is -0.820. The lowest BCUT2D eigenvalue weighted by Crippen LogP contribution is -2.46. The van der Waals surface area contributed by atoms with E-state index in [1.807, 2.05) is 38.1 Å². The van der Waals surface area contributed by atoms with Crippen molar-refractivity contribution in [2.45, 2.75) is 38.8 Å². The molecule has 5 nitrogen and oxygen atoms in total. The summed E-state index contributed by atoms with van der Waals surface area (Å²) in [6.45, 7) is 4.52. The van der Waals surface area contributed by atoms with Crippen LogP contribution in [-0.4, -0.2) is 29.3 Å². The van der Waals surface area contributed by atoms with Gasteiger partial charge in [-0.2, -0.15) is 0 Å². The summed E-state index contributed by atoms with van der Waals surface area (Å²) in [4.78, 5) is 25.1. The molecule has 21 heavy (non-hydrogen) atoms. The van der Waals surface area contributed by atoms with Gasteiger partial charge in [-0.1, -0.05) is 41.1 Å². The van der Waals surface area contributed by atoms with Gasteiger partial charge in [0.05, 0.1) is 18.5 Å². The van der Waals surface area contributed by atoms with E-state index in [9.17, 15) is 9.59 Å². The van der Waals surface area contributed by atoms with E-state index in [2.05, 4.69) is 15.9 Å². The second-order valence-corrected chi connectivity index (χ2v) is 5.86. The van der Waals surface area contributed by atoms with E-state index in [-0.39, 0.29) is 18.4 Å². The van der Waals surface area contributed by atoms with Gasteiger partial charge in [0.15, 0.2) is 0 Å². The van der Waals surface area contributed by atoms with Crippen LogP contribution in [0.15, 0.2) is 28.7 Å². The number of rotatable bonds is 7. The molecule has 2 unspecified atom stereocenters. The van der Waals surface area contributed by atoms with Crippen molar-refractivity contribution in [3.63, 3.8) is 0 Å². The summed E-state index contributed by atoms with van der Waals surface area (Å²) < 4.78 is 0.940. The van der Waals surface area contributed by atoms with Gasteiger partial charge in [0, 0.05) is 11.0 Å². The van der Waals surface area contributed by atoms with Crippen LogP contribution >= 0.6 is 15.9 Å². The highest BCUT2D eigenvalue weighted by atomic mass is 79.9. The predicted octanol–water partition coefficient (Wildman–Crippen LogP) is 1.95. The zero-order valence-electron chi connectivity index (χ0n) is 12.4. The minimum atomic E-state index is -0.890. The Kier molecular flexibility index (Phi) is 6.84. The molecule has 2 atom stereocenters. The lowest BCUT2D eigenvalue weighted by molar-refractivity contribution is -0.136. The number of amides is 2. The summed E-state index contributed by atoms with van der Waals surface area (Å²) in [5.41, 5.74) is 11.9. The molecule has 0 aromatic heterocycles. The molecule has 1 rings (SSSR count). The maximum atomic E-state index is 12.5. The summed E-state index contributed by atoms with van der Waals surface area (Å²) in [7, 11) is 0. The molecular weight excluding hydrogens is 334 g/mol. The quantitative estimate of drug-likeness (QED) is 0.783. The van der Waals surface area contributed by atoms with Crippen LogP contribution in [0.1, 0.15) is 38.3 Å². The van der Waals surface area contributed by atoms with Crippen LogP contribution in [-0.2, 0) is 9.59 Å². The topological polar surface area (TPSA) is 89.4 Å². The molecule has 2 amide bonds. The largest absolute Gasteiger partial charge is 0.370 e. The van der Waals surface area contributed by atoms with Crippen molar-refractivity contribution in [3.8, 4) is 0 Å². The Morgan fingerprint density at radius 2 is 1.95 bits per heavy atom. The normalized spacial score (nSPS) is 13.5. The first-order valence-electron chi connectivity index (χ1n) is 6.97. The van der Waals surface area contributed by atoms with Crippen LogP contribution in [0.3, 0.4) is 0 Å². The minimum absolute atomic E-state index is 0.132. The van der Waals surface area contributed by atoms with Crippen LogP contribution in [0.5, 0.6) is 0 Å². The molecule has 4 N–H and O–H groups in total. The molecule has 0 saturated carbocycles. The van der Waals surface area contributed by atoms with Crippen molar-refractivity contribution in [1.29, 1.82) is 0 Å². The van der Waals surface area contributed by atoms with Crippen molar-refractivity contribution in [2.75, 3.05) is 6.54 Å². The predicted molar refractivity (Wildman–Crippen MR) is 86.3 cm³/mol. The molecule has 0 radical (unpaired) electrons. The highest BCUT2D eigenvalue weighted by Gasteiger charge is 2.27. The summed E-state index contributed by atoms with van der Waals surface area (Å²) >= 11 is 3.50. The molecule has 0 spiro atoms. The monoisotopic (exact) mass is 355 g/mol. The minimum Gasteiger partial charge on any atom is -0.370 e. The van der Waals surface area contributed by atoms with Gasteiger partial charge < -0.3 is 16.4 Å². The Balaban J connectivity index is 2.97. The van der Waals surface area contributed by atoms with Crippen LogP contribution in [0, 0.1) is 0 Å². The van der Waals surface area contributed by atoms with Crippen molar-refractivity contribution in [3.05, 3.63) is 34.3 Å². The van der Waals surface area contributed by atoms with Crippen molar-refractivity contribution >= 4 is 27.7 Å². The summed E-state index contributed by atoms with van der Waals surface area (Å²) in [6.07, 6.45) is 0.672. The van der Waals surface area contributed by atoms with E-state index < -0.39 is 11.9 Å². The fourth-order valence-corrected chi connectivity index (χ4v) is 2.85. The van der Waals surface area contributed by atoms with Gasteiger partial charge >= 0.3 is 0 Å². The van der Waals surface area contributed by atoms with Crippen LogP contribution in [0.4, 0.5) is 0 Å². The second kappa shape index (κ2) is 8.14. The molecule has 0 heterocycles. The molecular formula is C15H22BrN3O2. The maximum absolute atomic E-state index is 12.5. The number of nitrogens with zero attached hydrogens (tertiary/aromatic N) is 1. The average molecular weight is 356 g/mol. The van der Waals surface area contributed by atoms with Gasteiger partial charge in [0.2, 0.25) is 11.8 Å². The number of hydrogen-bond acceptors (Lipinski definition) is 3. The van der Waals surface area contributed by atoms with E-state index in [0.29, 0.717) is 6.54 Å².